The monoisotopic (exact) mass is 245 g/mol. The number of hydrogen-bond donors (Lipinski definition) is 2. The summed E-state index contributed by atoms with van der Waals surface area (Å²) in [6.07, 6.45) is 2.42. The predicted molar refractivity (Wildman–Crippen MR) is 72.7 cm³/mol. The summed E-state index contributed by atoms with van der Waals surface area (Å²) < 4.78 is 0. The topological polar surface area (TPSA) is 58.4 Å². The molecule has 1 aromatic carbocycles. The van der Waals surface area contributed by atoms with E-state index in [1.807, 2.05) is 12.1 Å². The number of benzene rings is 1. The molecule has 3 N–H and O–H groups in total. The van der Waals surface area contributed by atoms with Crippen molar-refractivity contribution in [3.63, 3.8) is 0 Å². The number of hydrogen-bond acceptors (Lipinski definition) is 3. The van der Waals surface area contributed by atoms with E-state index in [-0.39, 0.29) is 11.4 Å². The second-order valence-electron chi connectivity index (χ2n) is 5.81. The van der Waals surface area contributed by atoms with E-state index in [2.05, 4.69) is 30.1 Å². The zero-order valence-corrected chi connectivity index (χ0v) is 10.9. The summed E-state index contributed by atoms with van der Waals surface area (Å²) in [5.41, 5.74) is 8.96. The minimum Gasteiger partial charge on any atom is -0.366 e. The third-order valence-electron chi connectivity index (χ3n) is 4.12. The molecule has 0 aromatic heterocycles. The van der Waals surface area contributed by atoms with Crippen molar-refractivity contribution < 1.29 is 4.79 Å². The Balaban J connectivity index is 1.97. The van der Waals surface area contributed by atoms with E-state index in [0.29, 0.717) is 0 Å². The largest absolute Gasteiger partial charge is 0.366 e. The number of carbonyl (C=O) groups excluding carboxylic acids is 1. The molecule has 96 valence electrons. The zero-order valence-electron chi connectivity index (χ0n) is 10.9. The molecule has 1 saturated heterocycles. The van der Waals surface area contributed by atoms with Gasteiger partial charge in [-0.3, -0.25) is 4.79 Å². The average Bonchev–Trinajstić information content (AvgIpc) is 2.80. The van der Waals surface area contributed by atoms with Crippen molar-refractivity contribution in [3.05, 3.63) is 23.8 Å². The van der Waals surface area contributed by atoms with Crippen LogP contribution in [0, 0.1) is 0 Å². The summed E-state index contributed by atoms with van der Waals surface area (Å²) in [4.78, 5) is 13.9. The standard InChI is InChI=1S/C14H19N3O/c1-14(2)6-3-7-17(14)9-4-5-10-11(8-9)16-13(18)12(10)15/h4-5,8,12H,3,6-7,15H2,1-2H3,(H,16,18). The Morgan fingerprint density at radius 1 is 1.44 bits per heavy atom. The highest BCUT2D eigenvalue weighted by molar-refractivity contribution is 6.03. The van der Waals surface area contributed by atoms with Gasteiger partial charge in [0, 0.05) is 29.0 Å². The smallest absolute Gasteiger partial charge is 0.245 e. The Hall–Kier alpha value is -1.55. The molecule has 2 aliphatic heterocycles. The van der Waals surface area contributed by atoms with Crippen LogP contribution in [0.2, 0.25) is 0 Å². The molecule has 18 heavy (non-hydrogen) atoms. The quantitative estimate of drug-likeness (QED) is 0.795. The third kappa shape index (κ3) is 1.60. The lowest BCUT2D eigenvalue weighted by Crippen LogP contribution is -2.38. The van der Waals surface area contributed by atoms with E-state index in [1.165, 1.54) is 18.5 Å². The van der Waals surface area contributed by atoms with Crippen molar-refractivity contribution in [2.75, 3.05) is 16.8 Å². The number of nitrogens with one attached hydrogen (secondary N) is 1. The Morgan fingerprint density at radius 3 is 2.89 bits per heavy atom. The number of carbonyl (C=O) groups is 1. The molecule has 1 amide bonds. The molecule has 4 heteroatoms. The van der Waals surface area contributed by atoms with Crippen molar-refractivity contribution >= 4 is 17.3 Å². The van der Waals surface area contributed by atoms with Gasteiger partial charge in [-0.1, -0.05) is 6.07 Å². The molecule has 0 bridgehead atoms. The first-order chi connectivity index (χ1) is 8.49. The summed E-state index contributed by atoms with van der Waals surface area (Å²) >= 11 is 0. The first-order valence-corrected chi connectivity index (χ1v) is 6.47. The van der Waals surface area contributed by atoms with Crippen LogP contribution in [0.3, 0.4) is 0 Å². The maximum absolute atomic E-state index is 11.5. The van der Waals surface area contributed by atoms with Gasteiger partial charge < -0.3 is 16.0 Å². The van der Waals surface area contributed by atoms with E-state index in [9.17, 15) is 4.79 Å². The number of nitrogens with two attached hydrogens (primary N) is 1. The van der Waals surface area contributed by atoms with Crippen LogP contribution in [0.25, 0.3) is 0 Å². The number of nitrogens with zero attached hydrogens (tertiary/aromatic N) is 1. The number of rotatable bonds is 1. The van der Waals surface area contributed by atoms with Crippen molar-refractivity contribution in [1.82, 2.24) is 0 Å². The maximum atomic E-state index is 11.5. The van der Waals surface area contributed by atoms with Crippen LogP contribution in [0.5, 0.6) is 0 Å². The summed E-state index contributed by atoms with van der Waals surface area (Å²) in [7, 11) is 0. The summed E-state index contributed by atoms with van der Waals surface area (Å²) in [5.74, 6) is -0.108. The van der Waals surface area contributed by atoms with Gasteiger partial charge in [0.2, 0.25) is 5.91 Å². The Bertz CT molecular complexity index is 510. The molecule has 0 spiro atoms. The third-order valence-corrected chi connectivity index (χ3v) is 4.12. The van der Waals surface area contributed by atoms with Crippen LogP contribution in [0.15, 0.2) is 18.2 Å². The van der Waals surface area contributed by atoms with Gasteiger partial charge in [0.1, 0.15) is 6.04 Å². The van der Waals surface area contributed by atoms with Crippen LogP contribution in [0.4, 0.5) is 11.4 Å². The molecule has 1 unspecified atom stereocenters. The molecule has 2 heterocycles. The van der Waals surface area contributed by atoms with Gasteiger partial charge in [0.05, 0.1) is 0 Å². The van der Waals surface area contributed by atoms with Crippen LogP contribution in [0.1, 0.15) is 38.3 Å². The van der Waals surface area contributed by atoms with Gasteiger partial charge in [0.25, 0.3) is 0 Å². The summed E-state index contributed by atoms with van der Waals surface area (Å²) in [6, 6.07) is 5.58. The molecule has 0 saturated carbocycles. The Morgan fingerprint density at radius 2 is 2.22 bits per heavy atom. The number of amides is 1. The lowest BCUT2D eigenvalue weighted by atomic mass is 10.0. The van der Waals surface area contributed by atoms with Crippen LogP contribution in [-0.4, -0.2) is 18.0 Å². The van der Waals surface area contributed by atoms with E-state index < -0.39 is 6.04 Å². The molecule has 2 aliphatic rings. The highest BCUT2D eigenvalue weighted by atomic mass is 16.2. The van der Waals surface area contributed by atoms with Gasteiger partial charge >= 0.3 is 0 Å². The second-order valence-corrected chi connectivity index (χ2v) is 5.81. The number of anilines is 2. The average molecular weight is 245 g/mol. The van der Waals surface area contributed by atoms with Gasteiger partial charge in [-0.15, -0.1) is 0 Å². The van der Waals surface area contributed by atoms with Crippen LogP contribution < -0.4 is 16.0 Å². The fraction of sp³-hybridized carbons (Fsp3) is 0.500. The van der Waals surface area contributed by atoms with Crippen molar-refractivity contribution in [2.24, 2.45) is 5.73 Å². The van der Waals surface area contributed by atoms with Gasteiger partial charge in [-0.25, -0.2) is 0 Å². The highest BCUT2D eigenvalue weighted by Gasteiger charge is 2.33. The minimum absolute atomic E-state index is 0.108. The molecule has 3 rings (SSSR count). The lowest BCUT2D eigenvalue weighted by Gasteiger charge is -2.34. The van der Waals surface area contributed by atoms with Crippen molar-refractivity contribution in [3.8, 4) is 0 Å². The maximum Gasteiger partial charge on any atom is 0.245 e. The van der Waals surface area contributed by atoms with Gasteiger partial charge in [-0.2, -0.15) is 0 Å². The minimum atomic E-state index is -0.513. The van der Waals surface area contributed by atoms with Crippen molar-refractivity contribution in [1.29, 1.82) is 0 Å². The van der Waals surface area contributed by atoms with Gasteiger partial charge in [-0.05, 0) is 38.8 Å². The predicted octanol–water partition coefficient (Wildman–Crippen LogP) is 2.02. The summed E-state index contributed by atoms with van der Waals surface area (Å²) in [5, 5.41) is 2.85. The molecule has 1 aromatic rings. The van der Waals surface area contributed by atoms with Gasteiger partial charge in [0.15, 0.2) is 0 Å². The molecule has 0 aliphatic carbocycles. The first-order valence-electron chi connectivity index (χ1n) is 6.47. The molecule has 4 nitrogen and oxygen atoms in total. The van der Waals surface area contributed by atoms with E-state index in [0.717, 1.165) is 17.8 Å². The highest BCUT2D eigenvalue weighted by Crippen LogP contribution is 2.38. The molecule has 1 fully saturated rings. The van der Waals surface area contributed by atoms with Crippen molar-refractivity contribution in [2.45, 2.75) is 38.3 Å². The van der Waals surface area contributed by atoms with E-state index in [1.54, 1.807) is 0 Å². The fourth-order valence-corrected chi connectivity index (χ4v) is 3.03. The van der Waals surface area contributed by atoms with E-state index >= 15 is 0 Å². The molecule has 1 atom stereocenters. The SMILES string of the molecule is CC1(C)CCCN1c1ccc2c(c1)NC(=O)C2N. The Labute approximate surface area is 107 Å². The molecule has 0 radical (unpaired) electrons. The number of fused-ring (bicyclic) bond motifs is 1. The second kappa shape index (κ2) is 3.72. The lowest BCUT2D eigenvalue weighted by molar-refractivity contribution is -0.116. The van der Waals surface area contributed by atoms with E-state index in [4.69, 9.17) is 5.73 Å². The zero-order chi connectivity index (χ0) is 12.9. The first kappa shape index (κ1) is 11.5. The van der Waals surface area contributed by atoms with Crippen LogP contribution in [-0.2, 0) is 4.79 Å². The Kier molecular flexibility index (Phi) is 2.38. The van der Waals surface area contributed by atoms with Crippen LogP contribution >= 0.6 is 0 Å². The fourth-order valence-electron chi connectivity index (χ4n) is 3.03. The normalized spacial score (nSPS) is 25.2. The molecular formula is C14H19N3O. The molecular weight excluding hydrogens is 226 g/mol. The summed E-state index contributed by atoms with van der Waals surface area (Å²) in [6.45, 7) is 5.60.